The highest BCUT2D eigenvalue weighted by Gasteiger charge is 2.40. The van der Waals surface area contributed by atoms with Crippen molar-refractivity contribution >= 4 is 11.3 Å². The van der Waals surface area contributed by atoms with E-state index in [1.165, 1.54) is 17.0 Å². The van der Waals surface area contributed by atoms with Crippen LogP contribution in [0.1, 0.15) is 18.7 Å². The van der Waals surface area contributed by atoms with Crippen molar-refractivity contribution in [1.82, 2.24) is 4.90 Å². The third-order valence-electron chi connectivity index (χ3n) is 4.57. The number of ether oxygens (including phenoxy) is 1. The van der Waals surface area contributed by atoms with Gasteiger partial charge in [0.25, 0.3) is 0 Å². The third kappa shape index (κ3) is 3.86. The molecule has 0 amide bonds. The molecule has 1 aliphatic rings. The summed E-state index contributed by atoms with van der Waals surface area (Å²) in [7, 11) is 0. The maximum atomic E-state index is 13.1. The molecule has 0 radical (unpaired) electrons. The Morgan fingerprint density at radius 2 is 1.92 bits per heavy atom. The fraction of sp³-hybridized carbons (Fsp3) is 0.474. The first kappa shape index (κ1) is 17.5. The lowest BCUT2D eigenvalue weighted by atomic mass is 9.86. The molecule has 0 unspecified atom stereocenters. The Kier molecular flexibility index (Phi) is 5.35. The van der Waals surface area contributed by atoms with Gasteiger partial charge in [-0.1, -0.05) is 12.1 Å². The highest BCUT2D eigenvalue weighted by Crippen LogP contribution is 2.32. The lowest BCUT2D eigenvalue weighted by molar-refractivity contribution is -0.151. The van der Waals surface area contributed by atoms with Crippen LogP contribution in [0.5, 0.6) is 0 Å². The van der Waals surface area contributed by atoms with Gasteiger partial charge < -0.3 is 9.84 Å². The number of aliphatic hydroxyl groups excluding tert-OH is 1. The van der Waals surface area contributed by atoms with Gasteiger partial charge in [0.2, 0.25) is 0 Å². The number of nitrogens with zero attached hydrogens (tertiary/aromatic N) is 1. The monoisotopic (exact) mass is 349 g/mol. The normalized spacial score (nSPS) is 16.6. The Morgan fingerprint density at radius 3 is 2.46 bits per heavy atom. The maximum absolute atomic E-state index is 13.1. The highest BCUT2D eigenvalue weighted by molar-refractivity contribution is 7.15. The molecule has 1 fully saturated rings. The molecule has 0 bridgehead atoms. The second kappa shape index (κ2) is 7.31. The van der Waals surface area contributed by atoms with Gasteiger partial charge in [-0.25, -0.2) is 4.39 Å². The molecular formula is C19H24FNO2S. The second-order valence-electron chi connectivity index (χ2n) is 6.92. The van der Waals surface area contributed by atoms with Crippen LogP contribution in [0.15, 0.2) is 36.4 Å². The molecular weight excluding hydrogens is 325 g/mol. The maximum Gasteiger partial charge on any atom is 0.123 e. The average Bonchev–Trinajstić information content (AvgIpc) is 2.99. The molecule has 0 spiro atoms. The molecule has 2 heterocycles. The van der Waals surface area contributed by atoms with Gasteiger partial charge >= 0.3 is 0 Å². The van der Waals surface area contributed by atoms with Crippen molar-refractivity contribution < 1.29 is 14.2 Å². The van der Waals surface area contributed by atoms with E-state index in [1.807, 2.05) is 12.1 Å². The van der Waals surface area contributed by atoms with Gasteiger partial charge in [-0.15, -0.1) is 11.3 Å². The standard InChI is InChI=1S/C19H24FNO2S/c1-14(2)21(10-19(11-22)12-23-13-19)9-17-7-8-18(24-17)15-3-5-16(20)6-4-15/h3-8,14,22H,9-13H2,1-2H3. The third-order valence-corrected chi connectivity index (χ3v) is 5.69. The lowest BCUT2D eigenvalue weighted by Gasteiger charge is -2.44. The number of benzene rings is 1. The SMILES string of the molecule is CC(C)N(Cc1ccc(-c2ccc(F)cc2)s1)CC1(CO)COC1. The minimum Gasteiger partial charge on any atom is -0.396 e. The van der Waals surface area contributed by atoms with E-state index in [9.17, 15) is 9.50 Å². The number of hydrogen-bond donors (Lipinski definition) is 1. The predicted octanol–water partition coefficient (Wildman–Crippen LogP) is 3.77. The molecule has 5 heteroatoms. The molecule has 3 nitrogen and oxygen atoms in total. The van der Waals surface area contributed by atoms with Crippen LogP contribution in [0.3, 0.4) is 0 Å². The zero-order valence-corrected chi connectivity index (χ0v) is 15.0. The molecule has 0 atom stereocenters. The topological polar surface area (TPSA) is 32.7 Å². The van der Waals surface area contributed by atoms with E-state index in [2.05, 4.69) is 30.9 Å². The Bertz CT molecular complexity index is 659. The molecule has 3 rings (SSSR count). The van der Waals surface area contributed by atoms with E-state index in [-0.39, 0.29) is 17.8 Å². The summed E-state index contributed by atoms with van der Waals surface area (Å²) in [6.07, 6.45) is 0. The molecule has 1 aromatic carbocycles. The smallest absolute Gasteiger partial charge is 0.123 e. The molecule has 130 valence electrons. The van der Waals surface area contributed by atoms with Crippen molar-refractivity contribution in [2.75, 3.05) is 26.4 Å². The molecule has 1 aromatic heterocycles. The number of halogens is 1. The van der Waals surface area contributed by atoms with E-state index < -0.39 is 0 Å². The zero-order valence-electron chi connectivity index (χ0n) is 14.2. The highest BCUT2D eigenvalue weighted by atomic mass is 32.1. The quantitative estimate of drug-likeness (QED) is 0.826. The molecule has 1 N–H and O–H groups in total. The molecule has 0 aliphatic carbocycles. The number of thiophene rings is 1. The Labute approximate surface area is 146 Å². The average molecular weight is 349 g/mol. The van der Waals surface area contributed by atoms with Gasteiger partial charge in [0.15, 0.2) is 0 Å². The van der Waals surface area contributed by atoms with Gasteiger partial charge in [0, 0.05) is 28.9 Å². The number of rotatable bonds is 7. The summed E-state index contributed by atoms with van der Waals surface area (Å²) in [5.41, 5.74) is 0.935. The van der Waals surface area contributed by atoms with Gasteiger partial charge in [0.1, 0.15) is 5.82 Å². The largest absolute Gasteiger partial charge is 0.396 e. The summed E-state index contributed by atoms with van der Waals surface area (Å²) in [5.74, 6) is -0.210. The van der Waals surface area contributed by atoms with Crippen molar-refractivity contribution in [2.45, 2.75) is 26.4 Å². The Hall–Kier alpha value is -1.27. The summed E-state index contributed by atoms with van der Waals surface area (Å²) in [6, 6.07) is 11.3. The van der Waals surface area contributed by atoms with Crippen LogP contribution in [0.4, 0.5) is 4.39 Å². The van der Waals surface area contributed by atoms with E-state index in [4.69, 9.17) is 4.74 Å². The van der Waals surface area contributed by atoms with Crippen LogP contribution in [0, 0.1) is 11.2 Å². The van der Waals surface area contributed by atoms with Crippen molar-refractivity contribution in [1.29, 1.82) is 0 Å². The first-order chi connectivity index (χ1) is 11.5. The number of hydrogen-bond acceptors (Lipinski definition) is 4. The predicted molar refractivity (Wildman–Crippen MR) is 95.6 cm³/mol. The zero-order chi connectivity index (χ0) is 17.2. The molecule has 2 aromatic rings. The Morgan fingerprint density at radius 1 is 1.21 bits per heavy atom. The molecule has 1 aliphatic heterocycles. The Balaban J connectivity index is 1.70. The molecule has 1 saturated heterocycles. The second-order valence-corrected chi connectivity index (χ2v) is 8.09. The van der Waals surface area contributed by atoms with Gasteiger partial charge in [0.05, 0.1) is 25.2 Å². The lowest BCUT2D eigenvalue weighted by Crippen LogP contribution is -2.54. The summed E-state index contributed by atoms with van der Waals surface area (Å²) in [5, 5.41) is 9.67. The van der Waals surface area contributed by atoms with Crippen molar-refractivity contribution in [2.24, 2.45) is 5.41 Å². The minimum absolute atomic E-state index is 0.110. The summed E-state index contributed by atoms with van der Waals surface area (Å²) >= 11 is 1.74. The fourth-order valence-corrected chi connectivity index (χ4v) is 3.95. The summed E-state index contributed by atoms with van der Waals surface area (Å²) in [6.45, 7) is 7.49. The first-order valence-electron chi connectivity index (χ1n) is 8.29. The van der Waals surface area contributed by atoms with Crippen molar-refractivity contribution in [3.8, 4) is 10.4 Å². The van der Waals surface area contributed by atoms with Gasteiger partial charge in [-0.2, -0.15) is 0 Å². The number of aliphatic hydroxyl groups is 1. The van der Waals surface area contributed by atoms with Crippen LogP contribution in [-0.4, -0.2) is 42.4 Å². The van der Waals surface area contributed by atoms with Crippen LogP contribution in [-0.2, 0) is 11.3 Å². The van der Waals surface area contributed by atoms with E-state index in [0.717, 1.165) is 23.5 Å². The van der Waals surface area contributed by atoms with E-state index >= 15 is 0 Å². The van der Waals surface area contributed by atoms with Crippen LogP contribution in [0.25, 0.3) is 10.4 Å². The summed E-state index contributed by atoms with van der Waals surface area (Å²) in [4.78, 5) is 4.81. The van der Waals surface area contributed by atoms with Crippen LogP contribution in [0.2, 0.25) is 0 Å². The fourth-order valence-electron chi connectivity index (χ4n) is 2.91. The van der Waals surface area contributed by atoms with Gasteiger partial charge in [-0.05, 0) is 43.7 Å². The first-order valence-corrected chi connectivity index (χ1v) is 9.10. The van der Waals surface area contributed by atoms with E-state index in [1.54, 1.807) is 11.3 Å². The molecule has 24 heavy (non-hydrogen) atoms. The van der Waals surface area contributed by atoms with E-state index in [0.29, 0.717) is 19.3 Å². The van der Waals surface area contributed by atoms with Crippen LogP contribution < -0.4 is 0 Å². The summed E-state index contributed by atoms with van der Waals surface area (Å²) < 4.78 is 18.4. The van der Waals surface area contributed by atoms with Crippen molar-refractivity contribution in [3.05, 3.63) is 47.1 Å². The van der Waals surface area contributed by atoms with Crippen LogP contribution >= 0.6 is 11.3 Å². The van der Waals surface area contributed by atoms with Crippen molar-refractivity contribution in [3.63, 3.8) is 0 Å². The minimum atomic E-state index is -0.210. The molecule has 0 saturated carbocycles. The van der Waals surface area contributed by atoms with Gasteiger partial charge in [-0.3, -0.25) is 4.90 Å².